The first-order valence-corrected chi connectivity index (χ1v) is 9.24. The van der Waals surface area contributed by atoms with Gasteiger partial charge in [0, 0.05) is 31.1 Å². The van der Waals surface area contributed by atoms with E-state index < -0.39 is 5.91 Å². The average Bonchev–Trinajstić information content (AvgIpc) is 3.03. The van der Waals surface area contributed by atoms with Gasteiger partial charge in [-0.15, -0.1) is 11.3 Å². The van der Waals surface area contributed by atoms with Crippen molar-refractivity contribution in [2.45, 2.75) is 20.8 Å². The fourth-order valence-corrected chi connectivity index (χ4v) is 3.23. The summed E-state index contributed by atoms with van der Waals surface area (Å²) in [4.78, 5) is 41.3. The van der Waals surface area contributed by atoms with Crippen LogP contribution in [-0.2, 0) is 4.79 Å². The average molecular weight is 395 g/mol. The van der Waals surface area contributed by atoms with Gasteiger partial charge in [0.05, 0.1) is 10.6 Å². The number of benzene rings is 1. The molecule has 0 saturated heterocycles. The van der Waals surface area contributed by atoms with Crippen LogP contribution in [0.3, 0.4) is 0 Å². The lowest BCUT2D eigenvalue weighted by Gasteiger charge is -2.19. The Morgan fingerprint density at radius 1 is 1.19 bits per heavy atom. The summed E-state index contributed by atoms with van der Waals surface area (Å²) in [6.45, 7) is 6.33. The van der Waals surface area contributed by atoms with Crippen LogP contribution in [0.25, 0.3) is 0 Å². The Hall–Kier alpha value is -2.45. The molecule has 0 aliphatic rings. The molecule has 9 heteroatoms. The topological polar surface area (TPSA) is 91.4 Å². The van der Waals surface area contributed by atoms with E-state index in [1.165, 1.54) is 13.0 Å². The van der Waals surface area contributed by atoms with Gasteiger partial charge in [-0.05, 0) is 32.0 Å². The van der Waals surface area contributed by atoms with Crippen LogP contribution in [0.1, 0.15) is 41.6 Å². The van der Waals surface area contributed by atoms with Gasteiger partial charge < -0.3 is 15.5 Å². The molecule has 1 aromatic heterocycles. The molecule has 2 aromatic rings. The Labute approximate surface area is 160 Å². The fourth-order valence-electron chi connectivity index (χ4n) is 2.23. The molecule has 0 saturated carbocycles. The number of hydrogen-bond acceptors (Lipinski definition) is 5. The number of hydrogen-bond donors (Lipinski definition) is 2. The predicted octanol–water partition coefficient (Wildman–Crippen LogP) is 3.49. The number of rotatable bonds is 6. The molecule has 0 atom stereocenters. The third kappa shape index (κ3) is 4.80. The van der Waals surface area contributed by atoms with Crippen LogP contribution in [0.15, 0.2) is 23.6 Å². The third-order valence-electron chi connectivity index (χ3n) is 3.53. The van der Waals surface area contributed by atoms with Crippen molar-refractivity contribution >= 4 is 51.5 Å². The third-order valence-corrected chi connectivity index (χ3v) is 4.60. The fraction of sp³-hybridized carbons (Fsp3) is 0.294. The van der Waals surface area contributed by atoms with Gasteiger partial charge >= 0.3 is 0 Å². The molecule has 0 aliphatic carbocycles. The number of amides is 3. The second-order valence-corrected chi connectivity index (χ2v) is 6.61. The number of nitrogens with one attached hydrogen (secondary N) is 2. The zero-order chi connectivity index (χ0) is 19.3. The van der Waals surface area contributed by atoms with Gasteiger partial charge in [0.25, 0.3) is 11.8 Å². The Kier molecular flexibility index (Phi) is 6.70. The zero-order valence-electron chi connectivity index (χ0n) is 14.6. The summed E-state index contributed by atoms with van der Waals surface area (Å²) in [5.41, 5.74) is 1.01. The van der Waals surface area contributed by atoms with Crippen LogP contribution in [0.5, 0.6) is 0 Å². The number of carbonyl (C=O) groups is 3. The van der Waals surface area contributed by atoms with Gasteiger partial charge in [0.1, 0.15) is 5.69 Å². The Morgan fingerprint density at radius 3 is 2.46 bits per heavy atom. The number of thiazole rings is 1. The summed E-state index contributed by atoms with van der Waals surface area (Å²) < 4.78 is 0. The number of halogens is 1. The lowest BCUT2D eigenvalue weighted by Crippen LogP contribution is -2.30. The molecule has 2 N–H and O–H groups in total. The summed E-state index contributed by atoms with van der Waals surface area (Å²) in [6.07, 6.45) is 0. The highest BCUT2D eigenvalue weighted by molar-refractivity contribution is 7.14. The van der Waals surface area contributed by atoms with E-state index in [9.17, 15) is 14.4 Å². The van der Waals surface area contributed by atoms with Crippen LogP contribution in [0, 0.1) is 0 Å². The van der Waals surface area contributed by atoms with Crippen LogP contribution in [0.4, 0.5) is 10.8 Å². The van der Waals surface area contributed by atoms with Crippen molar-refractivity contribution in [3.63, 3.8) is 0 Å². The van der Waals surface area contributed by atoms with E-state index in [1.54, 1.807) is 22.4 Å². The molecule has 0 unspecified atom stereocenters. The van der Waals surface area contributed by atoms with Gasteiger partial charge in [-0.25, -0.2) is 4.98 Å². The Balaban J connectivity index is 2.11. The minimum atomic E-state index is -0.434. The molecule has 1 aromatic carbocycles. The molecule has 0 radical (unpaired) electrons. The van der Waals surface area contributed by atoms with Crippen molar-refractivity contribution in [2.75, 3.05) is 23.7 Å². The van der Waals surface area contributed by atoms with Crippen molar-refractivity contribution in [1.82, 2.24) is 9.88 Å². The molecule has 0 fully saturated rings. The quantitative estimate of drug-likeness (QED) is 0.784. The second-order valence-electron chi connectivity index (χ2n) is 5.35. The molecular weight excluding hydrogens is 376 g/mol. The summed E-state index contributed by atoms with van der Waals surface area (Å²) >= 11 is 7.37. The maximum atomic E-state index is 12.4. The molecule has 0 aliphatic heterocycles. The molecule has 3 amide bonds. The van der Waals surface area contributed by atoms with Gasteiger partial charge in [0.2, 0.25) is 5.91 Å². The van der Waals surface area contributed by atoms with E-state index in [0.29, 0.717) is 29.5 Å². The van der Waals surface area contributed by atoms with Crippen molar-refractivity contribution in [3.8, 4) is 0 Å². The normalized spacial score (nSPS) is 10.3. The molecule has 138 valence electrons. The monoisotopic (exact) mass is 394 g/mol. The van der Waals surface area contributed by atoms with Crippen molar-refractivity contribution < 1.29 is 14.4 Å². The van der Waals surface area contributed by atoms with Gasteiger partial charge in [-0.1, -0.05) is 11.6 Å². The van der Waals surface area contributed by atoms with Gasteiger partial charge in [0.15, 0.2) is 5.13 Å². The summed E-state index contributed by atoms with van der Waals surface area (Å²) in [5, 5.41) is 7.34. The number of nitrogens with zero attached hydrogens (tertiary/aromatic N) is 2. The van der Waals surface area contributed by atoms with E-state index in [2.05, 4.69) is 15.6 Å². The highest BCUT2D eigenvalue weighted by atomic mass is 35.5. The molecule has 1 heterocycles. The molecule has 26 heavy (non-hydrogen) atoms. The minimum absolute atomic E-state index is 0.155. The highest BCUT2D eigenvalue weighted by Crippen LogP contribution is 2.23. The number of aromatic nitrogens is 1. The summed E-state index contributed by atoms with van der Waals surface area (Å²) in [5.74, 6) is -0.847. The Bertz CT molecular complexity index is 833. The van der Waals surface area contributed by atoms with E-state index >= 15 is 0 Å². The highest BCUT2D eigenvalue weighted by Gasteiger charge is 2.17. The smallest absolute Gasteiger partial charge is 0.275 e. The first-order valence-electron chi connectivity index (χ1n) is 7.99. The van der Waals surface area contributed by atoms with Crippen LogP contribution in [-0.4, -0.2) is 40.7 Å². The number of anilines is 2. The van der Waals surface area contributed by atoms with Crippen molar-refractivity contribution in [2.24, 2.45) is 0 Å². The molecular formula is C17H19ClN4O3S. The summed E-state index contributed by atoms with van der Waals surface area (Å²) in [7, 11) is 0. The second kappa shape index (κ2) is 8.77. The first-order chi connectivity index (χ1) is 12.3. The lowest BCUT2D eigenvalue weighted by molar-refractivity contribution is -0.114. The maximum absolute atomic E-state index is 12.4. The predicted molar refractivity (Wildman–Crippen MR) is 103 cm³/mol. The molecule has 0 spiro atoms. The molecule has 0 bridgehead atoms. The van der Waals surface area contributed by atoms with E-state index in [0.717, 1.165) is 11.3 Å². The van der Waals surface area contributed by atoms with Crippen LogP contribution in [0.2, 0.25) is 5.02 Å². The van der Waals surface area contributed by atoms with Gasteiger partial charge in [-0.2, -0.15) is 0 Å². The largest absolute Gasteiger partial charge is 0.339 e. The van der Waals surface area contributed by atoms with Gasteiger partial charge in [-0.3, -0.25) is 14.4 Å². The van der Waals surface area contributed by atoms with Crippen molar-refractivity contribution in [3.05, 3.63) is 39.9 Å². The van der Waals surface area contributed by atoms with Crippen LogP contribution >= 0.6 is 22.9 Å². The van der Waals surface area contributed by atoms with E-state index in [4.69, 9.17) is 11.6 Å². The maximum Gasteiger partial charge on any atom is 0.275 e. The van der Waals surface area contributed by atoms with E-state index in [1.807, 2.05) is 13.8 Å². The first kappa shape index (κ1) is 19.9. The van der Waals surface area contributed by atoms with Crippen LogP contribution < -0.4 is 10.6 Å². The minimum Gasteiger partial charge on any atom is -0.339 e. The molecule has 7 nitrogen and oxygen atoms in total. The SMILES string of the molecule is CCN(CC)C(=O)c1ccc(NC(=O)c2csc(NC(C)=O)n2)cc1Cl. The molecule has 2 rings (SSSR count). The number of carbonyl (C=O) groups excluding carboxylic acids is 3. The standard InChI is InChI=1S/C17H19ClN4O3S/c1-4-22(5-2)16(25)12-7-6-11(8-13(12)18)20-15(24)14-9-26-17(21-14)19-10(3)23/h6-9H,4-5H2,1-3H3,(H,20,24)(H,19,21,23). The Morgan fingerprint density at radius 2 is 1.88 bits per heavy atom. The lowest BCUT2D eigenvalue weighted by atomic mass is 10.1. The van der Waals surface area contributed by atoms with E-state index in [-0.39, 0.29) is 22.5 Å². The summed E-state index contributed by atoms with van der Waals surface area (Å²) in [6, 6.07) is 4.72. The van der Waals surface area contributed by atoms with Crippen molar-refractivity contribution in [1.29, 1.82) is 0 Å². The zero-order valence-corrected chi connectivity index (χ0v) is 16.2.